The van der Waals surface area contributed by atoms with E-state index in [4.69, 9.17) is 5.21 Å². The number of amides is 2. The number of hydrogen-bond donors (Lipinski definition) is 4. The van der Waals surface area contributed by atoms with Gasteiger partial charge in [0.25, 0.3) is 5.91 Å². The number of unbranched alkanes of at least 4 members (excludes halogenated alkanes) is 2. The van der Waals surface area contributed by atoms with Crippen LogP contribution in [0.3, 0.4) is 0 Å². The van der Waals surface area contributed by atoms with Gasteiger partial charge in [-0.05, 0) is 49.2 Å². The first-order chi connectivity index (χ1) is 15.0. The van der Waals surface area contributed by atoms with Gasteiger partial charge in [-0.25, -0.2) is 19.8 Å². The van der Waals surface area contributed by atoms with Gasteiger partial charge in [0.1, 0.15) is 18.0 Å². The van der Waals surface area contributed by atoms with Crippen molar-refractivity contribution < 1.29 is 19.2 Å². The normalized spacial score (nSPS) is 10.7. The maximum atomic E-state index is 14.1. The van der Waals surface area contributed by atoms with Gasteiger partial charge < -0.3 is 10.6 Å². The Balaban J connectivity index is 1.62. The summed E-state index contributed by atoms with van der Waals surface area (Å²) in [6.45, 7) is 0.469. The van der Waals surface area contributed by atoms with E-state index in [9.17, 15) is 14.0 Å². The molecule has 4 N–H and O–H groups in total. The van der Waals surface area contributed by atoms with E-state index in [1.807, 2.05) is 0 Å². The third-order valence-corrected chi connectivity index (χ3v) is 5.07. The molecule has 3 rings (SSSR count). The Morgan fingerprint density at radius 3 is 2.68 bits per heavy atom. The average molecular weight is 490 g/mol. The third kappa shape index (κ3) is 6.19. The first-order valence-corrected chi connectivity index (χ1v) is 10.4. The van der Waals surface area contributed by atoms with E-state index >= 15 is 0 Å². The molecule has 0 spiro atoms. The Labute approximate surface area is 186 Å². The molecule has 2 amide bonds. The lowest BCUT2D eigenvalue weighted by Gasteiger charge is -2.10. The quantitative estimate of drug-likeness (QED) is 0.204. The van der Waals surface area contributed by atoms with Gasteiger partial charge in [-0.2, -0.15) is 0 Å². The molecule has 0 saturated carbocycles. The lowest BCUT2D eigenvalue weighted by Crippen LogP contribution is -2.24. The highest BCUT2D eigenvalue weighted by Gasteiger charge is 2.11. The molecule has 8 nitrogen and oxygen atoms in total. The van der Waals surface area contributed by atoms with Crippen molar-refractivity contribution in [2.45, 2.75) is 25.7 Å². The van der Waals surface area contributed by atoms with E-state index in [0.717, 1.165) is 6.42 Å². The summed E-state index contributed by atoms with van der Waals surface area (Å²) in [5.74, 6) is -0.639. The van der Waals surface area contributed by atoms with Gasteiger partial charge in [0, 0.05) is 28.4 Å². The lowest BCUT2D eigenvalue weighted by atomic mass is 10.1. The maximum absolute atomic E-state index is 14.1. The summed E-state index contributed by atoms with van der Waals surface area (Å²) in [6.07, 6.45) is 3.69. The van der Waals surface area contributed by atoms with Crippen LogP contribution in [0.2, 0.25) is 0 Å². The molecule has 162 valence electrons. The predicted octanol–water partition coefficient (Wildman–Crippen LogP) is 4.07. The number of benzene rings is 2. The van der Waals surface area contributed by atoms with E-state index < -0.39 is 11.7 Å². The van der Waals surface area contributed by atoms with Crippen LogP contribution in [0.5, 0.6) is 0 Å². The highest BCUT2D eigenvalue weighted by Crippen LogP contribution is 2.26. The zero-order valence-electron chi connectivity index (χ0n) is 16.5. The van der Waals surface area contributed by atoms with Crippen LogP contribution in [0.4, 0.5) is 15.9 Å². The Morgan fingerprint density at radius 1 is 1.06 bits per heavy atom. The number of anilines is 2. The van der Waals surface area contributed by atoms with Gasteiger partial charge in [-0.1, -0.05) is 22.4 Å². The molecule has 31 heavy (non-hydrogen) atoms. The van der Waals surface area contributed by atoms with Crippen molar-refractivity contribution in [2.24, 2.45) is 0 Å². The summed E-state index contributed by atoms with van der Waals surface area (Å²) < 4.78 is 14.8. The summed E-state index contributed by atoms with van der Waals surface area (Å²) in [7, 11) is 0. The molecule has 0 aliphatic rings. The van der Waals surface area contributed by atoms with Crippen molar-refractivity contribution >= 4 is 50.2 Å². The van der Waals surface area contributed by atoms with Crippen LogP contribution < -0.4 is 16.1 Å². The first kappa shape index (κ1) is 22.6. The van der Waals surface area contributed by atoms with E-state index in [1.54, 1.807) is 35.8 Å². The fourth-order valence-corrected chi connectivity index (χ4v) is 3.30. The lowest BCUT2D eigenvalue weighted by molar-refractivity contribution is -0.129. The minimum Gasteiger partial charge on any atom is -0.352 e. The van der Waals surface area contributed by atoms with E-state index in [1.165, 1.54) is 12.4 Å². The van der Waals surface area contributed by atoms with Crippen LogP contribution in [-0.2, 0) is 4.79 Å². The van der Waals surface area contributed by atoms with Crippen LogP contribution in [-0.4, -0.2) is 33.5 Å². The molecule has 3 aromatic rings. The first-order valence-electron chi connectivity index (χ1n) is 9.66. The Kier molecular flexibility index (Phi) is 7.85. The smallest absolute Gasteiger partial charge is 0.251 e. The Hall–Kier alpha value is -3.11. The van der Waals surface area contributed by atoms with Crippen molar-refractivity contribution in [3.05, 3.63) is 58.6 Å². The third-order valence-electron chi connectivity index (χ3n) is 4.57. The SMILES string of the molecule is O=C(CCCCCNC(=O)c1ccc2c(Nc3ccc(Br)cc3F)ncnc2c1)NO. The number of hydroxylamine groups is 1. The summed E-state index contributed by atoms with van der Waals surface area (Å²) in [5.41, 5.74) is 2.87. The van der Waals surface area contributed by atoms with Crippen LogP contribution in [0.1, 0.15) is 36.0 Å². The molecule has 0 aliphatic heterocycles. The number of nitrogens with one attached hydrogen (secondary N) is 3. The minimum absolute atomic E-state index is 0.234. The van der Waals surface area contributed by atoms with Gasteiger partial charge in [-0.15, -0.1) is 0 Å². The second kappa shape index (κ2) is 10.8. The number of halogens is 2. The van der Waals surface area contributed by atoms with Crippen molar-refractivity contribution in [1.82, 2.24) is 20.8 Å². The average Bonchev–Trinajstić information content (AvgIpc) is 2.77. The second-order valence-electron chi connectivity index (χ2n) is 6.80. The Morgan fingerprint density at radius 2 is 1.90 bits per heavy atom. The largest absolute Gasteiger partial charge is 0.352 e. The fraction of sp³-hybridized carbons (Fsp3) is 0.238. The monoisotopic (exact) mass is 489 g/mol. The number of rotatable bonds is 9. The van der Waals surface area contributed by atoms with Crippen LogP contribution in [0.25, 0.3) is 10.9 Å². The molecule has 0 atom stereocenters. The minimum atomic E-state index is -0.422. The topological polar surface area (TPSA) is 116 Å². The van der Waals surface area contributed by atoms with Gasteiger partial charge in [0.2, 0.25) is 5.91 Å². The van der Waals surface area contributed by atoms with Gasteiger partial charge in [0.05, 0.1) is 11.2 Å². The van der Waals surface area contributed by atoms with E-state index in [-0.39, 0.29) is 18.0 Å². The number of aromatic nitrogens is 2. The number of nitrogens with zero attached hydrogens (tertiary/aromatic N) is 2. The zero-order valence-corrected chi connectivity index (χ0v) is 18.1. The van der Waals surface area contributed by atoms with Crippen molar-refractivity contribution in [1.29, 1.82) is 0 Å². The van der Waals surface area contributed by atoms with Crippen LogP contribution >= 0.6 is 15.9 Å². The molecule has 0 unspecified atom stereocenters. The number of fused-ring (bicyclic) bond motifs is 1. The fourth-order valence-electron chi connectivity index (χ4n) is 2.96. The van der Waals surface area contributed by atoms with Gasteiger partial charge >= 0.3 is 0 Å². The molecule has 2 aromatic carbocycles. The zero-order chi connectivity index (χ0) is 22.2. The number of carbonyl (C=O) groups is 2. The summed E-state index contributed by atoms with van der Waals surface area (Å²) in [6, 6.07) is 9.72. The van der Waals surface area contributed by atoms with E-state index in [0.29, 0.717) is 46.1 Å². The van der Waals surface area contributed by atoms with Crippen LogP contribution in [0.15, 0.2) is 47.2 Å². The van der Waals surface area contributed by atoms with Gasteiger partial charge in [-0.3, -0.25) is 14.8 Å². The van der Waals surface area contributed by atoms with Crippen molar-refractivity contribution in [3.8, 4) is 0 Å². The summed E-state index contributed by atoms with van der Waals surface area (Å²) in [5, 5.41) is 14.9. The molecule has 1 aromatic heterocycles. The standard InChI is InChI=1S/C21H21BrFN5O3/c22-14-6-8-17(16(23)11-14)27-20-15-7-5-13(10-18(15)25-12-26-20)21(30)24-9-3-1-2-4-19(29)28-31/h5-8,10-12,31H,1-4,9H2,(H,24,30)(H,28,29)(H,25,26,27). The van der Waals surface area contributed by atoms with Crippen molar-refractivity contribution in [3.63, 3.8) is 0 Å². The number of carbonyl (C=O) groups excluding carboxylic acids is 2. The summed E-state index contributed by atoms with van der Waals surface area (Å²) >= 11 is 3.23. The Bertz CT molecular complexity index is 1100. The van der Waals surface area contributed by atoms with E-state index in [2.05, 4.69) is 36.5 Å². The summed E-state index contributed by atoms with van der Waals surface area (Å²) in [4.78, 5) is 31.8. The molecule has 0 fully saturated rings. The molecule has 0 saturated heterocycles. The molecular weight excluding hydrogens is 469 g/mol. The molecular formula is C21H21BrFN5O3. The highest BCUT2D eigenvalue weighted by atomic mass is 79.9. The van der Waals surface area contributed by atoms with Gasteiger partial charge in [0.15, 0.2) is 0 Å². The van der Waals surface area contributed by atoms with Crippen LogP contribution in [0, 0.1) is 5.82 Å². The molecule has 0 bridgehead atoms. The molecule has 1 heterocycles. The second-order valence-corrected chi connectivity index (χ2v) is 7.72. The molecule has 0 aliphatic carbocycles. The number of hydrogen-bond acceptors (Lipinski definition) is 6. The molecule has 0 radical (unpaired) electrons. The maximum Gasteiger partial charge on any atom is 0.251 e. The van der Waals surface area contributed by atoms with Crippen molar-refractivity contribution in [2.75, 3.05) is 11.9 Å². The molecule has 10 heteroatoms. The predicted molar refractivity (Wildman–Crippen MR) is 118 cm³/mol. The highest BCUT2D eigenvalue weighted by molar-refractivity contribution is 9.10.